The van der Waals surface area contributed by atoms with Crippen LogP contribution in [0.15, 0.2) is 42.5 Å². The van der Waals surface area contributed by atoms with Crippen molar-refractivity contribution in [1.29, 1.82) is 0 Å². The molecule has 3 rings (SSSR count). The number of nitrogens with zero attached hydrogens (tertiary/aromatic N) is 1. The first-order valence-corrected chi connectivity index (χ1v) is 6.75. The van der Waals surface area contributed by atoms with Crippen LogP contribution >= 0.6 is 0 Å². The van der Waals surface area contributed by atoms with Crippen LogP contribution in [0.25, 0.3) is 22.2 Å². The minimum absolute atomic E-state index is 0.340. The fourth-order valence-corrected chi connectivity index (χ4v) is 2.65. The largest absolute Gasteiger partial charge is 0.323 e. The van der Waals surface area contributed by atoms with Crippen molar-refractivity contribution in [2.24, 2.45) is 5.84 Å². The number of halogens is 1. The molecule has 106 valence electrons. The Morgan fingerprint density at radius 2 is 1.76 bits per heavy atom. The number of nitrogen functional groups attached to an aromatic ring is 1. The van der Waals surface area contributed by atoms with Gasteiger partial charge < -0.3 is 5.43 Å². The normalized spacial score (nSPS) is 10.9. The summed E-state index contributed by atoms with van der Waals surface area (Å²) < 4.78 is 14.2. The molecule has 1 aromatic heterocycles. The van der Waals surface area contributed by atoms with E-state index in [1.807, 2.05) is 44.2 Å². The molecular formula is C17H16FN3. The van der Waals surface area contributed by atoms with Gasteiger partial charge in [-0.1, -0.05) is 36.4 Å². The van der Waals surface area contributed by atoms with Crippen molar-refractivity contribution in [3.05, 3.63) is 59.4 Å². The van der Waals surface area contributed by atoms with E-state index in [0.717, 1.165) is 33.5 Å². The van der Waals surface area contributed by atoms with E-state index in [1.54, 1.807) is 6.07 Å². The molecule has 1 heterocycles. The molecule has 0 saturated heterocycles. The number of nitrogens with one attached hydrogen (secondary N) is 1. The Kier molecular flexibility index (Phi) is 3.31. The van der Waals surface area contributed by atoms with Gasteiger partial charge in [-0.3, -0.25) is 5.84 Å². The highest BCUT2D eigenvalue weighted by Crippen LogP contribution is 2.35. The van der Waals surface area contributed by atoms with E-state index in [4.69, 9.17) is 5.84 Å². The maximum atomic E-state index is 14.2. The second-order valence-electron chi connectivity index (χ2n) is 5.06. The average molecular weight is 281 g/mol. The number of aryl methyl sites for hydroxylation is 1. The van der Waals surface area contributed by atoms with Crippen molar-refractivity contribution in [3.63, 3.8) is 0 Å². The summed E-state index contributed by atoms with van der Waals surface area (Å²) in [5.74, 6) is 5.34. The number of hydrogen-bond acceptors (Lipinski definition) is 3. The van der Waals surface area contributed by atoms with E-state index in [2.05, 4.69) is 10.4 Å². The molecule has 0 aliphatic carbocycles. The summed E-state index contributed by atoms with van der Waals surface area (Å²) in [6, 6.07) is 12.9. The van der Waals surface area contributed by atoms with Crippen LogP contribution in [0, 0.1) is 19.7 Å². The highest BCUT2D eigenvalue weighted by molar-refractivity contribution is 5.98. The Bertz CT molecular complexity index is 813. The van der Waals surface area contributed by atoms with E-state index in [9.17, 15) is 4.39 Å². The number of nitrogens with two attached hydrogens (primary N) is 1. The van der Waals surface area contributed by atoms with Gasteiger partial charge in [0.25, 0.3) is 0 Å². The minimum atomic E-state index is -0.343. The van der Waals surface area contributed by atoms with Crippen molar-refractivity contribution in [1.82, 2.24) is 4.98 Å². The molecule has 3 N–H and O–H groups in total. The molecule has 2 aromatic carbocycles. The van der Waals surface area contributed by atoms with E-state index in [0.29, 0.717) is 5.52 Å². The maximum Gasteiger partial charge on any atom is 0.149 e. The molecule has 0 bridgehead atoms. The maximum absolute atomic E-state index is 14.2. The van der Waals surface area contributed by atoms with E-state index in [1.165, 1.54) is 6.07 Å². The number of fused-ring (bicyclic) bond motifs is 1. The predicted molar refractivity (Wildman–Crippen MR) is 84.4 cm³/mol. The lowest BCUT2D eigenvalue weighted by Crippen LogP contribution is -2.11. The summed E-state index contributed by atoms with van der Waals surface area (Å²) in [7, 11) is 0. The molecule has 4 heteroatoms. The van der Waals surface area contributed by atoms with Gasteiger partial charge in [0.15, 0.2) is 0 Å². The zero-order valence-electron chi connectivity index (χ0n) is 11.9. The number of anilines is 1. The molecule has 0 aliphatic heterocycles. The average Bonchev–Trinajstić information content (AvgIpc) is 2.51. The summed E-state index contributed by atoms with van der Waals surface area (Å²) in [6.45, 7) is 3.86. The Hall–Kier alpha value is -2.46. The summed E-state index contributed by atoms with van der Waals surface area (Å²) in [4.78, 5) is 4.54. The summed E-state index contributed by atoms with van der Waals surface area (Å²) in [5.41, 5.74) is 7.29. The lowest BCUT2D eigenvalue weighted by molar-refractivity contribution is 0.636. The third kappa shape index (κ3) is 2.14. The second-order valence-corrected chi connectivity index (χ2v) is 5.06. The van der Waals surface area contributed by atoms with Gasteiger partial charge in [0.1, 0.15) is 11.3 Å². The van der Waals surface area contributed by atoms with Crippen molar-refractivity contribution < 1.29 is 4.39 Å². The molecule has 3 aromatic rings. The van der Waals surface area contributed by atoms with Crippen LogP contribution in [0.2, 0.25) is 0 Å². The Labute approximate surface area is 122 Å². The molecule has 0 unspecified atom stereocenters. The quantitative estimate of drug-likeness (QED) is 0.552. The summed E-state index contributed by atoms with van der Waals surface area (Å²) in [5, 5.41) is 0.731. The Morgan fingerprint density at radius 1 is 1.05 bits per heavy atom. The van der Waals surface area contributed by atoms with Crippen LogP contribution in [-0.2, 0) is 0 Å². The molecule has 0 amide bonds. The van der Waals surface area contributed by atoms with Gasteiger partial charge in [-0.25, -0.2) is 9.37 Å². The molecular weight excluding hydrogens is 265 g/mol. The number of aromatic nitrogens is 1. The van der Waals surface area contributed by atoms with Gasteiger partial charge >= 0.3 is 0 Å². The zero-order valence-corrected chi connectivity index (χ0v) is 11.9. The summed E-state index contributed by atoms with van der Waals surface area (Å²) in [6.07, 6.45) is 0. The third-order valence-corrected chi connectivity index (χ3v) is 3.73. The smallest absolute Gasteiger partial charge is 0.149 e. The van der Waals surface area contributed by atoms with Crippen molar-refractivity contribution in [2.45, 2.75) is 13.8 Å². The lowest BCUT2D eigenvalue weighted by atomic mass is 9.99. The summed E-state index contributed by atoms with van der Waals surface area (Å²) >= 11 is 0. The van der Waals surface area contributed by atoms with Gasteiger partial charge in [-0.15, -0.1) is 0 Å². The molecule has 21 heavy (non-hydrogen) atoms. The SMILES string of the molecule is Cc1c(-c2ccccc2)nc2c(F)ccc(C)c2c1NN. The monoisotopic (exact) mass is 281 g/mol. The van der Waals surface area contributed by atoms with Gasteiger partial charge in [-0.05, 0) is 25.5 Å². The van der Waals surface area contributed by atoms with Crippen molar-refractivity contribution >= 4 is 16.6 Å². The fourth-order valence-electron chi connectivity index (χ4n) is 2.65. The molecule has 0 radical (unpaired) electrons. The van der Waals surface area contributed by atoms with Crippen LogP contribution in [0.1, 0.15) is 11.1 Å². The first-order valence-electron chi connectivity index (χ1n) is 6.75. The lowest BCUT2D eigenvalue weighted by Gasteiger charge is -2.16. The first-order chi connectivity index (χ1) is 10.1. The highest BCUT2D eigenvalue weighted by Gasteiger charge is 2.16. The topological polar surface area (TPSA) is 50.9 Å². The van der Waals surface area contributed by atoms with Crippen LogP contribution in [0.3, 0.4) is 0 Å². The van der Waals surface area contributed by atoms with Crippen LogP contribution in [0.4, 0.5) is 10.1 Å². The molecule has 0 saturated carbocycles. The van der Waals surface area contributed by atoms with Crippen LogP contribution < -0.4 is 11.3 Å². The van der Waals surface area contributed by atoms with Crippen molar-refractivity contribution in [3.8, 4) is 11.3 Å². The Balaban J connectivity index is 2.44. The fraction of sp³-hybridized carbons (Fsp3) is 0.118. The number of benzene rings is 2. The molecule has 0 fully saturated rings. The molecule has 3 nitrogen and oxygen atoms in total. The number of hydrazine groups is 1. The number of hydrogen-bond donors (Lipinski definition) is 2. The molecule has 0 aliphatic rings. The van der Waals surface area contributed by atoms with Gasteiger partial charge in [-0.2, -0.15) is 0 Å². The van der Waals surface area contributed by atoms with Gasteiger partial charge in [0.2, 0.25) is 0 Å². The Morgan fingerprint density at radius 3 is 2.43 bits per heavy atom. The standard InChI is InChI=1S/C17H16FN3/c1-10-8-9-13(18)17-14(10)16(21-19)11(2)15(20-17)12-6-4-3-5-7-12/h3-9H,19H2,1-2H3,(H,20,21). The first kappa shape index (κ1) is 13.5. The second kappa shape index (κ2) is 5.14. The van der Waals surface area contributed by atoms with Gasteiger partial charge in [0, 0.05) is 16.5 Å². The third-order valence-electron chi connectivity index (χ3n) is 3.73. The van der Waals surface area contributed by atoms with E-state index in [-0.39, 0.29) is 5.82 Å². The van der Waals surface area contributed by atoms with Gasteiger partial charge in [0.05, 0.1) is 11.4 Å². The van der Waals surface area contributed by atoms with E-state index < -0.39 is 0 Å². The highest BCUT2D eigenvalue weighted by atomic mass is 19.1. The van der Waals surface area contributed by atoms with Crippen LogP contribution in [0.5, 0.6) is 0 Å². The van der Waals surface area contributed by atoms with E-state index >= 15 is 0 Å². The number of pyridine rings is 1. The van der Waals surface area contributed by atoms with Crippen molar-refractivity contribution in [2.75, 3.05) is 5.43 Å². The predicted octanol–water partition coefficient (Wildman–Crippen LogP) is 3.94. The van der Waals surface area contributed by atoms with Crippen LogP contribution in [-0.4, -0.2) is 4.98 Å². The minimum Gasteiger partial charge on any atom is -0.323 e. The molecule has 0 spiro atoms. The number of rotatable bonds is 2. The molecule has 0 atom stereocenters. The zero-order chi connectivity index (χ0) is 15.0.